The van der Waals surface area contributed by atoms with Crippen molar-refractivity contribution in [2.45, 2.75) is 0 Å². The highest BCUT2D eigenvalue weighted by atomic mass is 35.5. The summed E-state index contributed by atoms with van der Waals surface area (Å²) in [5, 5.41) is 1.00. The lowest BCUT2D eigenvalue weighted by Crippen LogP contribution is -2.36. The Bertz CT molecular complexity index is 260. The zero-order valence-electron chi connectivity index (χ0n) is 6.49. The maximum atomic E-state index is 5.78. The van der Waals surface area contributed by atoms with Crippen LogP contribution in [0.1, 0.15) is 0 Å². The van der Waals surface area contributed by atoms with E-state index in [4.69, 9.17) is 16.3 Å². The molecular formula is C7H9ClN2OS. The van der Waals surface area contributed by atoms with E-state index in [9.17, 15) is 0 Å². The van der Waals surface area contributed by atoms with Crippen LogP contribution < -0.4 is 4.90 Å². The molecule has 0 aromatic carbocycles. The van der Waals surface area contributed by atoms with Gasteiger partial charge in [-0.3, -0.25) is 0 Å². The second-order valence-corrected chi connectivity index (χ2v) is 4.19. The lowest BCUT2D eigenvalue weighted by atomic mass is 10.5. The molecule has 1 aromatic rings. The molecule has 1 aromatic heterocycles. The molecule has 0 bridgehead atoms. The zero-order valence-corrected chi connectivity index (χ0v) is 8.07. The Morgan fingerprint density at radius 3 is 2.83 bits per heavy atom. The first-order valence-corrected chi connectivity index (χ1v) is 5.00. The average molecular weight is 205 g/mol. The Kier molecular flexibility index (Phi) is 2.48. The van der Waals surface area contributed by atoms with Crippen LogP contribution in [0.15, 0.2) is 6.20 Å². The first-order chi connectivity index (χ1) is 5.86. The number of ether oxygens (including phenoxy) is 1. The largest absolute Gasteiger partial charge is 0.378 e. The second-order valence-electron chi connectivity index (χ2n) is 2.55. The third-order valence-electron chi connectivity index (χ3n) is 1.75. The Labute approximate surface area is 79.9 Å². The van der Waals surface area contributed by atoms with Gasteiger partial charge in [-0.25, -0.2) is 4.98 Å². The normalized spacial score (nSPS) is 18.2. The van der Waals surface area contributed by atoms with E-state index in [0.29, 0.717) is 0 Å². The van der Waals surface area contributed by atoms with Crippen molar-refractivity contribution in [2.24, 2.45) is 0 Å². The summed E-state index contributed by atoms with van der Waals surface area (Å²) in [5.74, 6) is 0. The second kappa shape index (κ2) is 3.60. The number of anilines is 1. The van der Waals surface area contributed by atoms with Crippen LogP contribution in [0.5, 0.6) is 0 Å². The van der Waals surface area contributed by atoms with Crippen LogP contribution in [-0.2, 0) is 4.74 Å². The molecular weight excluding hydrogens is 196 g/mol. The first-order valence-electron chi connectivity index (χ1n) is 3.80. The van der Waals surface area contributed by atoms with Crippen molar-refractivity contribution in [3.05, 3.63) is 10.5 Å². The number of nitrogens with zero attached hydrogens (tertiary/aromatic N) is 2. The van der Waals surface area contributed by atoms with Crippen molar-refractivity contribution < 1.29 is 4.74 Å². The molecule has 0 aliphatic carbocycles. The fourth-order valence-electron chi connectivity index (χ4n) is 1.15. The lowest BCUT2D eigenvalue weighted by molar-refractivity contribution is 0.122. The molecule has 1 fully saturated rings. The Morgan fingerprint density at radius 1 is 1.50 bits per heavy atom. The van der Waals surface area contributed by atoms with Gasteiger partial charge >= 0.3 is 0 Å². The maximum absolute atomic E-state index is 5.78. The van der Waals surface area contributed by atoms with Crippen molar-refractivity contribution in [3.8, 4) is 0 Å². The van der Waals surface area contributed by atoms with Gasteiger partial charge in [0.15, 0.2) is 5.13 Å². The monoisotopic (exact) mass is 204 g/mol. The standard InChI is InChI=1S/C7H9ClN2OS/c8-6-5-9-7(12-6)10-1-3-11-4-2-10/h5H,1-4H2. The van der Waals surface area contributed by atoms with Crippen LogP contribution in [0.4, 0.5) is 5.13 Å². The van der Waals surface area contributed by atoms with E-state index in [1.54, 1.807) is 6.20 Å². The summed E-state index contributed by atoms with van der Waals surface area (Å²) in [7, 11) is 0. The van der Waals surface area contributed by atoms with Crippen molar-refractivity contribution >= 4 is 28.1 Å². The van der Waals surface area contributed by atoms with E-state index < -0.39 is 0 Å². The van der Waals surface area contributed by atoms with Crippen LogP contribution in [0.2, 0.25) is 4.34 Å². The zero-order chi connectivity index (χ0) is 8.39. The summed E-state index contributed by atoms with van der Waals surface area (Å²) >= 11 is 7.30. The minimum absolute atomic E-state index is 0.747. The third kappa shape index (κ3) is 1.71. The topological polar surface area (TPSA) is 25.4 Å². The van der Waals surface area contributed by atoms with E-state index in [2.05, 4.69) is 9.88 Å². The summed E-state index contributed by atoms with van der Waals surface area (Å²) in [4.78, 5) is 6.39. The molecule has 0 amide bonds. The maximum Gasteiger partial charge on any atom is 0.186 e. The van der Waals surface area contributed by atoms with Crippen LogP contribution >= 0.6 is 22.9 Å². The van der Waals surface area contributed by atoms with Crippen molar-refractivity contribution in [1.29, 1.82) is 0 Å². The van der Waals surface area contributed by atoms with Gasteiger partial charge in [-0.05, 0) is 0 Å². The number of rotatable bonds is 1. The molecule has 1 saturated heterocycles. The summed E-state index contributed by atoms with van der Waals surface area (Å²) < 4.78 is 5.98. The highest BCUT2D eigenvalue weighted by Gasteiger charge is 2.13. The van der Waals surface area contributed by atoms with Crippen LogP contribution in [-0.4, -0.2) is 31.3 Å². The fourth-order valence-corrected chi connectivity index (χ4v) is 2.10. The molecule has 2 heterocycles. The molecule has 0 spiro atoms. The molecule has 1 aliphatic heterocycles. The fraction of sp³-hybridized carbons (Fsp3) is 0.571. The Morgan fingerprint density at radius 2 is 2.25 bits per heavy atom. The van der Waals surface area contributed by atoms with Gasteiger partial charge in [-0.15, -0.1) is 0 Å². The van der Waals surface area contributed by atoms with Crippen LogP contribution in [0.3, 0.4) is 0 Å². The molecule has 1 aliphatic rings. The SMILES string of the molecule is Clc1cnc(N2CCOCC2)s1. The summed E-state index contributed by atoms with van der Waals surface area (Å²) in [6.45, 7) is 3.42. The first kappa shape index (κ1) is 8.29. The average Bonchev–Trinajstić information content (AvgIpc) is 2.54. The van der Waals surface area contributed by atoms with Gasteiger partial charge in [0, 0.05) is 13.1 Å². The highest BCUT2D eigenvalue weighted by molar-refractivity contribution is 7.19. The number of halogens is 1. The van der Waals surface area contributed by atoms with Gasteiger partial charge in [0.1, 0.15) is 4.34 Å². The number of hydrogen-bond acceptors (Lipinski definition) is 4. The van der Waals surface area contributed by atoms with Gasteiger partial charge in [0.05, 0.1) is 19.4 Å². The Hall–Kier alpha value is -0.320. The summed E-state index contributed by atoms with van der Waals surface area (Å²) in [5.41, 5.74) is 0. The third-order valence-corrected chi connectivity index (χ3v) is 2.92. The van der Waals surface area contributed by atoms with E-state index >= 15 is 0 Å². The molecule has 12 heavy (non-hydrogen) atoms. The molecule has 0 N–H and O–H groups in total. The molecule has 2 rings (SSSR count). The molecule has 0 atom stereocenters. The lowest BCUT2D eigenvalue weighted by Gasteiger charge is -2.25. The molecule has 0 saturated carbocycles. The van der Waals surface area contributed by atoms with E-state index in [0.717, 1.165) is 35.8 Å². The minimum atomic E-state index is 0.747. The molecule has 0 unspecified atom stereocenters. The number of thiazole rings is 1. The van der Waals surface area contributed by atoms with Gasteiger partial charge < -0.3 is 9.64 Å². The van der Waals surface area contributed by atoms with Crippen molar-refractivity contribution in [2.75, 3.05) is 31.2 Å². The number of hydrogen-bond donors (Lipinski definition) is 0. The van der Waals surface area contributed by atoms with Gasteiger partial charge in [-0.2, -0.15) is 0 Å². The summed E-state index contributed by atoms with van der Waals surface area (Å²) in [6.07, 6.45) is 1.69. The van der Waals surface area contributed by atoms with E-state index in [1.165, 1.54) is 11.3 Å². The molecule has 0 radical (unpaired) electrons. The predicted octanol–water partition coefficient (Wildman–Crippen LogP) is 1.63. The van der Waals surface area contributed by atoms with Gasteiger partial charge in [0.25, 0.3) is 0 Å². The van der Waals surface area contributed by atoms with E-state index in [1.807, 2.05) is 0 Å². The number of morpholine rings is 1. The van der Waals surface area contributed by atoms with E-state index in [-0.39, 0.29) is 0 Å². The minimum Gasteiger partial charge on any atom is -0.378 e. The predicted molar refractivity (Wildman–Crippen MR) is 50.2 cm³/mol. The quantitative estimate of drug-likeness (QED) is 0.696. The van der Waals surface area contributed by atoms with Crippen LogP contribution in [0, 0.1) is 0 Å². The highest BCUT2D eigenvalue weighted by Crippen LogP contribution is 2.26. The van der Waals surface area contributed by atoms with Gasteiger partial charge in [-0.1, -0.05) is 22.9 Å². The smallest absolute Gasteiger partial charge is 0.186 e. The van der Waals surface area contributed by atoms with Crippen LogP contribution in [0.25, 0.3) is 0 Å². The molecule has 66 valence electrons. The number of aromatic nitrogens is 1. The molecule has 3 nitrogen and oxygen atoms in total. The Balaban J connectivity index is 2.08. The van der Waals surface area contributed by atoms with Crippen molar-refractivity contribution in [1.82, 2.24) is 4.98 Å². The summed E-state index contributed by atoms with van der Waals surface area (Å²) in [6, 6.07) is 0. The van der Waals surface area contributed by atoms with Crippen molar-refractivity contribution in [3.63, 3.8) is 0 Å². The molecule has 5 heteroatoms. The van der Waals surface area contributed by atoms with Gasteiger partial charge in [0.2, 0.25) is 0 Å².